The molecule has 2 aromatic heterocycles. The lowest BCUT2D eigenvalue weighted by atomic mass is 9.91. The average Bonchev–Trinajstić information content (AvgIpc) is 3.69. The van der Waals surface area contributed by atoms with Gasteiger partial charge in [-0.2, -0.15) is 36.9 Å². The standard InChI is InChI=1S/C56H31F6N5/c57-55(58,59)43-20-15-36(16-21-43)46-29-42(54-65-49(38-9-3-1-4-10-38)31-50(66-54)39-11-5-2-6-12-39)30-47(37-17-22-44(23-18-37)56(60,61)62)53(46)67-51-14-8-7-13-45(51)48-28-40(19-24-52(48)67)41-26-34(32-63)25-35(27-41)33-64/h1-31H. The molecule has 0 atom stereocenters. The van der Waals surface area contributed by atoms with Gasteiger partial charge in [-0.1, -0.05) is 109 Å². The average molecular weight is 888 g/mol. The fourth-order valence-corrected chi connectivity index (χ4v) is 8.53. The number of halogens is 6. The van der Waals surface area contributed by atoms with Crippen LogP contribution in [0, 0.1) is 22.7 Å². The fraction of sp³-hybridized carbons (Fsp3) is 0.0357. The highest BCUT2D eigenvalue weighted by atomic mass is 19.4. The Labute approximate surface area is 379 Å². The molecule has 0 saturated heterocycles. The summed E-state index contributed by atoms with van der Waals surface area (Å²) in [6, 6.07) is 56.5. The highest BCUT2D eigenvalue weighted by Crippen LogP contribution is 2.46. The second kappa shape index (κ2) is 16.6. The van der Waals surface area contributed by atoms with Crippen LogP contribution in [0.4, 0.5) is 26.3 Å². The Hall–Kier alpha value is -8.80. The molecule has 0 bridgehead atoms. The zero-order chi connectivity index (χ0) is 46.5. The Kier molecular flexibility index (Phi) is 10.5. The minimum absolute atomic E-state index is 0.274. The maximum atomic E-state index is 14.1. The molecule has 322 valence electrons. The molecular formula is C56H31F6N5. The predicted octanol–water partition coefficient (Wildman–Crippen LogP) is 15.4. The minimum atomic E-state index is -4.63. The summed E-state index contributed by atoms with van der Waals surface area (Å²) in [5.74, 6) is 0.274. The summed E-state index contributed by atoms with van der Waals surface area (Å²) >= 11 is 0. The Balaban J connectivity index is 1.31. The van der Waals surface area contributed by atoms with Crippen LogP contribution >= 0.6 is 0 Å². The fourth-order valence-electron chi connectivity index (χ4n) is 8.53. The van der Waals surface area contributed by atoms with E-state index >= 15 is 0 Å². The second-order valence-corrected chi connectivity index (χ2v) is 15.9. The summed E-state index contributed by atoms with van der Waals surface area (Å²) in [6.07, 6.45) is -9.25. The van der Waals surface area contributed by atoms with Crippen LogP contribution in [0.15, 0.2) is 188 Å². The molecule has 0 N–H and O–H groups in total. The number of para-hydroxylation sites is 1. The van der Waals surface area contributed by atoms with Gasteiger partial charge in [-0.25, -0.2) is 9.97 Å². The van der Waals surface area contributed by atoms with Crippen molar-refractivity contribution in [1.82, 2.24) is 14.5 Å². The summed E-state index contributed by atoms with van der Waals surface area (Å²) in [5, 5.41) is 21.1. The Morgan fingerprint density at radius 1 is 0.388 bits per heavy atom. The number of alkyl halides is 6. The molecule has 2 heterocycles. The van der Waals surface area contributed by atoms with Crippen LogP contribution in [-0.4, -0.2) is 14.5 Å². The van der Waals surface area contributed by atoms with Crippen molar-refractivity contribution in [3.8, 4) is 85.1 Å². The number of nitriles is 2. The van der Waals surface area contributed by atoms with Crippen molar-refractivity contribution in [1.29, 1.82) is 10.5 Å². The van der Waals surface area contributed by atoms with Gasteiger partial charge in [0.2, 0.25) is 0 Å². The maximum Gasteiger partial charge on any atom is 0.416 e. The van der Waals surface area contributed by atoms with Gasteiger partial charge in [0, 0.05) is 38.6 Å². The highest BCUT2D eigenvalue weighted by Gasteiger charge is 2.32. The van der Waals surface area contributed by atoms with Gasteiger partial charge in [0.05, 0.1) is 62.5 Å². The van der Waals surface area contributed by atoms with Crippen molar-refractivity contribution in [2.45, 2.75) is 12.4 Å². The van der Waals surface area contributed by atoms with Gasteiger partial charge in [-0.05, 0) is 101 Å². The van der Waals surface area contributed by atoms with Crippen molar-refractivity contribution < 1.29 is 26.3 Å². The molecule has 8 aromatic carbocycles. The number of rotatable bonds is 7. The molecule has 0 unspecified atom stereocenters. The Morgan fingerprint density at radius 3 is 1.34 bits per heavy atom. The smallest absolute Gasteiger partial charge is 0.308 e. The number of hydrogen-bond acceptors (Lipinski definition) is 4. The van der Waals surface area contributed by atoms with Crippen LogP contribution in [-0.2, 0) is 12.4 Å². The predicted molar refractivity (Wildman–Crippen MR) is 248 cm³/mol. The summed E-state index contributed by atoms with van der Waals surface area (Å²) in [6.45, 7) is 0. The first-order valence-corrected chi connectivity index (χ1v) is 20.9. The molecule has 67 heavy (non-hydrogen) atoms. The van der Waals surface area contributed by atoms with E-state index in [9.17, 15) is 36.9 Å². The summed E-state index contributed by atoms with van der Waals surface area (Å²) in [4.78, 5) is 10.1. The van der Waals surface area contributed by atoms with E-state index in [1.165, 1.54) is 30.3 Å². The van der Waals surface area contributed by atoms with Crippen molar-refractivity contribution >= 4 is 21.8 Å². The number of hydrogen-bond donors (Lipinski definition) is 0. The first-order chi connectivity index (χ1) is 32.4. The number of nitrogens with zero attached hydrogens (tertiary/aromatic N) is 5. The van der Waals surface area contributed by atoms with E-state index in [0.717, 1.165) is 51.7 Å². The van der Waals surface area contributed by atoms with E-state index < -0.39 is 23.5 Å². The van der Waals surface area contributed by atoms with Gasteiger partial charge < -0.3 is 4.57 Å². The lowest BCUT2D eigenvalue weighted by molar-refractivity contribution is -0.138. The van der Waals surface area contributed by atoms with Crippen LogP contribution in [0.1, 0.15) is 22.3 Å². The van der Waals surface area contributed by atoms with E-state index in [1.807, 2.05) is 126 Å². The van der Waals surface area contributed by atoms with Gasteiger partial charge in [-0.15, -0.1) is 0 Å². The largest absolute Gasteiger partial charge is 0.416 e. The lowest BCUT2D eigenvalue weighted by Gasteiger charge is -2.22. The van der Waals surface area contributed by atoms with Crippen molar-refractivity contribution in [3.63, 3.8) is 0 Å². The van der Waals surface area contributed by atoms with E-state index in [2.05, 4.69) is 12.1 Å². The molecule has 0 aliphatic carbocycles. The molecule has 0 spiro atoms. The van der Waals surface area contributed by atoms with Crippen molar-refractivity contribution in [3.05, 3.63) is 210 Å². The number of fused-ring (bicyclic) bond motifs is 3. The van der Waals surface area contributed by atoms with Crippen LogP contribution in [0.5, 0.6) is 0 Å². The molecule has 11 heteroatoms. The summed E-state index contributed by atoms with van der Waals surface area (Å²) in [5.41, 5.74) is 7.05. The van der Waals surface area contributed by atoms with Crippen LogP contribution < -0.4 is 0 Å². The zero-order valence-electron chi connectivity index (χ0n) is 34.9. The topological polar surface area (TPSA) is 78.3 Å². The number of aromatic nitrogens is 3. The molecule has 5 nitrogen and oxygen atoms in total. The molecule has 0 saturated carbocycles. The zero-order valence-corrected chi connectivity index (χ0v) is 34.9. The third-order valence-corrected chi connectivity index (χ3v) is 11.7. The van der Waals surface area contributed by atoms with E-state index in [0.29, 0.717) is 72.6 Å². The van der Waals surface area contributed by atoms with Gasteiger partial charge in [0.1, 0.15) is 0 Å². The molecule has 0 aliphatic rings. The lowest BCUT2D eigenvalue weighted by Crippen LogP contribution is -2.06. The van der Waals surface area contributed by atoms with E-state index in [1.54, 1.807) is 12.1 Å². The van der Waals surface area contributed by atoms with Gasteiger partial charge in [0.15, 0.2) is 5.82 Å². The Morgan fingerprint density at radius 2 is 0.851 bits per heavy atom. The van der Waals surface area contributed by atoms with Crippen LogP contribution in [0.2, 0.25) is 0 Å². The third kappa shape index (κ3) is 8.04. The van der Waals surface area contributed by atoms with E-state index in [4.69, 9.17) is 9.97 Å². The SMILES string of the molecule is N#Cc1cc(C#N)cc(-c2ccc3c(c2)c2ccccc2n3-c2c(-c3ccc(C(F)(F)F)cc3)cc(-c3nc(-c4ccccc4)cc(-c4ccccc4)n3)cc2-c2ccc(C(F)(F)F)cc2)c1. The first kappa shape index (κ1) is 42.2. The minimum Gasteiger partial charge on any atom is -0.308 e. The van der Waals surface area contributed by atoms with Gasteiger partial charge >= 0.3 is 12.4 Å². The monoisotopic (exact) mass is 887 g/mol. The molecule has 0 aliphatic heterocycles. The quantitative estimate of drug-likeness (QED) is 0.149. The molecule has 0 amide bonds. The normalized spacial score (nSPS) is 11.7. The van der Waals surface area contributed by atoms with E-state index in [-0.39, 0.29) is 5.82 Å². The maximum absolute atomic E-state index is 14.1. The van der Waals surface area contributed by atoms with Crippen molar-refractivity contribution in [2.75, 3.05) is 0 Å². The molecule has 0 radical (unpaired) electrons. The second-order valence-electron chi connectivity index (χ2n) is 15.9. The summed E-state index contributed by atoms with van der Waals surface area (Å²) < 4.78 is 86.7. The number of benzene rings is 8. The molecular weight excluding hydrogens is 857 g/mol. The molecule has 10 aromatic rings. The third-order valence-electron chi connectivity index (χ3n) is 11.7. The van der Waals surface area contributed by atoms with Crippen LogP contribution in [0.3, 0.4) is 0 Å². The molecule has 10 rings (SSSR count). The Bertz CT molecular complexity index is 3430. The van der Waals surface area contributed by atoms with Crippen molar-refractivity contribution in [2.24, 2.45) is 0 Å². The summed E-state index contributed by atoms with van der Waals surface area (Å²) in [7, 11) is 0. The van der Waals surface area contributed by atoms with Gasteiger partial charge in [0.25, 0.3) is 0 Å². The van der Waals surface area contributed by atoms with Gasteiger partial charge in [-0.3, -0.25) is 0 Å². The van der Waals surface area contributed by atoms with Crippen LogP contribution in [0.25, 0.3) is 94.8 Å². The first-order valence-electron chi connectivity index (χ1n) is 20.9. The molecule has 0 fully saturated rings. The highest BCUT2D eigenvalue weighted by molar-refractivity contribution is 6.12.